The van der Waals surface area contributed by atoms with Gasteiger partial charge in [-0.25, -0.2) is 4.98 Å². The van der Waals surface area contributed by atoms with Gasteiger partial charge in [0.15, 0.2) is 5.76 Å². The summed E-state index contributed by atoms with van der Waals surface area (Å²) in [4.78, 5) is 4.24. The molecule has 0 saturated carbocycles. The Hall–Kier alpha value is -2.01. The van der Waals surface area contributed by atoms with Crippen molar-refractivity contribution in [2.45, 2.75) is 13.5 Å². The van der Waals surface area contributed by atoms with Crippen LogP contribution in [0.4, 0.5) is 0 Å². The summed E-state index contributed by atoms with van der Waals surface area (Å²) in [5, 5.41) is 3.17. The van der Waals surface area contributed by atoms with Crippen LogP contribution in [0, 0.1) is 0 Å². The van der Waals surface area contributed by atoms with Gasteiger partial charge in [-0.2, -0.15) is 0 Å². The molecule has 1 aromatic heterocycles. The van der Waals surface area contributed by atoms with Crippen LogP contribution in [-0.4, -0.2) is 25.7 Å². The Balaban J connectivity index is 2.37. The minimum Gasteiger partial charge on any atom is -0.496 e. The van der Waals surface area contributed by atoms with Crippen LogP contribution < -0.4 is 14.8 Å². The number of hydrogen-bond donors (Lipinski definition) is 1. The number of oxazole rings is 1. The average Bonchev–Trinajstić information content (AvgIpc) is 2.92. The zero-order valence-corrected chi connectivity index (χ0v) is 11.4. The van der Waals surface area contributed by atoms with E-state index in [2.05, 4.69) is 10.3 Å². The Kier molecular flexibility index (Phi) is 4.41. The van der Waals surface area contributed by atoms with Gasteiger partial charge >= 0.3 is 0 Å². The second-order valence-corrected chi connectivity index (χ2v) is 3.94. The highest BCUT2D eigenvalue weighted by Crippen LogP contribution is 2.38. The third kappa shape index (κ3) is 2.88. The molecule has 2 rings (SSSR count). The molecule has 0 aliphatic heterocycles. The van der Waals surface area contributed by atoms with E-state index in [1.54, 1.807) is 20.4 Å². The summed E-state index contributed by atoms with van der Waals surface area (Å²) in [5.41, 5.74) is 0.780. The fourth-order valence-corrected chi connectivity index (χ4v) is 1.83. The molecule has 1 N–H and O–H groups in total. The highest BCUT2D eigenvalue weighted by molar-refractivity contribution is 5.72. The van der Waals surface area contributed by atoms with Crippen LogP contribution in [0.25, 0.3) is 11.3 Å². The van der Waals surface area contributed by atoms with Gasteiger partial charge in [-0.3, -0.25) is 0 Å². The first-order chi connectivity index (χ1) is 9.30. The Morgan fingerprint density at radius 3 is 2.47 bits per heavy atom. The first-order valence-electron chi connectivity index (χ1n) is 6.17. The summed E-state index contributed by atoms with van der Waals surface area (Å²) in [6, 6.07) is 5.60. The molecule has 0 fully saturated rings. The second-order valence-electron chi connectivity index (χ2n) is 3.94. The van der Waals surface area contributed by atoms with Crippen molar-refractivity contribution in [3.8, 4) is 22.8 Å². The lowest BCUT2D eigenvalue weighted by molar-refractivity contribution is 0.393. The van der Waals surface area contributed by atoms with E-state index in [-0.39, 0.29) is 0 Å². The fraction of sp³-hybridized carbons (Fsp3) is 0.357. The molecule has 0 aliphatic carbocycles. The van der Waals surface area contributed by atoms with E-state index in [9.17, 15) is 0 Å². The fourth-order valence-electron chi connectivity index (χ4n) is 1.83. The van der Waals surface area contributed by atoms with E-state index in [4.69, 9.17) is 13.9 Å². The minimum atomic E-state index is 0.605. The zero-order chi connectivity index (χ0) is 13.7. The van der Waals surface area contributed by atoms with Crippen LogP contribution in [0.5, 0.6) is 11.5 Å². The highest BCUT2D eigenvalue weighted by atomic mass is 16.5. The summed E-state index contributed by atoms with van der Waals surface area (Å²) >= 11 is 0. The van der Waals surface area contributed by atoms with Crippen LogP contribution >= 0.6 is 0 Å². The van der Waals surface area contributed by atoms with Gasteiger partial charge in [0.25, 0.3) is 0 Å². The first-order valence-corrected chi connectivity index (χ1v) is 6.17. The summed E-state index contributed by atoms with van der Waals surface area (Å²) in [6.07, 6.45) is 1.69. The largest absolute Gasteiger partial charge is 0.496 e. The van der Waals surface area contributed by atoms with Crippen LogP contribution in [0.15, 0.2) is 28.8 Å². The van der Waals surface area contributed by atoms with Crippen LogP contribution in [0.2, 0.25) is 0 Å². The molecule has 0 unspecified atom stereocenters. The maximum absolute atomic E-state index is 5.72. The molecule has 0 radical (unpaired) electrons. The molecule has 5 nitrogen and oxygen atoms in total. The molecule has 102 valence electrons. The van der Waals surface area contributed by atoms with Gasteiger partial charge in [0.05, 0.1) is 27.0 Å². The van der Waals surface area contributed by atoms with Crippen molar-refractivity contribution < 1.29 is 13.9 Å². The smallest absolute Gasteiger partial charge is 0.208 e. The molecule has 0 aliphatic rings. The number of hydrogen-bond acceptors (Lipinski definition) is 5. The highest BCUT2D eigenvalue weighted by Gasteiger charge is 2.16. The maximum Gasteiger partial charge on any atom is 0.208 e. The van der Waals surface area contributed by atoms with Gasteiger partial charge in [-0.05, 0) is 18.7 Å². The third-order valence-electron chi connectivity index (χ3n) is 2.75. The minimum absolute atomic E-state index is 0.605. The van der Waals surface area contributed by atoms with E-state index >= 15 is 0 Å². The molecule has 0 spiro atoms. The molecule has 0 bridgehead atoms. The van der Waals surface area contributed by atoms with Crippen LogP contribution in [-0.2, 0) is 6.54 Å². The summed E-state index contributed by atoms with van der Waals surface area (Å²) in [7, 11) is 3.24. The van der Waals surface area contributed by atoms with Crippen LogP contribution in [0.1, 0.15) is 12.8 Å². The number of ether oxygens (including phenoxy) is 2. The van der Waals surface area contributed by atoms with Gasteiger partial charge in [-0.15, -0.1) is 0 Å². The van der Waals surface area contributed by atoms with Gasteiger partial charge in [-0.1, -0.05) is 13.0 Å². The average molecular weight is 262 g/mol. The van der Waals surface area contributed by atoms with Gasteiger partial charge in [0, 0.05) is 0 Å². The lowest BCUT2D eigenvalue weighted by Gasteiger charge is -2.10. The number of rotatable bonds is 6. The van der Waals surface area contributed by atoms with E-state index < -0.39 is 0 Å². The van der Waals surface area contributed by atoms with E-state index in [0.717, 1.165) is 12.1 Å². The van der Waals surface area contributed by atoms with Crippen molar-refractivity contribution in [1.82, 2.24) is 10.3 Å². The van der Waals surface area contributed by atoms with E-state index in [1.807, 2.05) is 25.1 Å². The normalized spacial score (nSPS) is 10.5. The lowest BCUT2D eigenvalue weighted by atomic mass is 10.1. The molecule has 0 saturated heterocycles. The molecule has 1 heterocycles. The van der Waals surface area contributed by atoms with Crippen molar-refractivity contribution in [2.24, 2.45) is 0 Å². The summed E-state index contributed by atoms with van der Waals surface area (Å²) in [6.45, 7) is 3.51. The SMILES string of the molecule is CCNCc1ncc(-c2c(OC)cccc2OC)o1. The Labute approximate surface area is 112 Å². The number of benzene rings is 1. The predicted molar refractivity (Wildman–Crippen MR) is 72.4 cm³/mol. The number of nitrogens with one attached hydrogen (secondary N) is 1. The van der Waals surface area contributed by atoms with Crippen molar-refractivity contribution in [3.63, 3.8) is 0 Å². The Morgan fingerprint density at radius 2 is 1.89 bits per heavy atom. The quantitative estimate of drug-likeness (QED) is 0.866. The molecular formula is C14H18N2O3. The summed E-state index contributed by atoms with van der Waals surface area (Å²) in [5.74, 6) is 2.68. The van der Waals surface area contributed by atoms with Gasteiger partial charge < -0.3 is 19.2 Å². The topological polar surface area (TPSA) is 56.5 Å². The van der Waals surface area contributed by atoms with E-state index in [1.165, 1.54) is 0 Å². The molecule has 2 aromatic rings. The number of methoxy groups -OCH3 is 2. The molecule has 19 heavy (non-hydrogen) atoms. The molecule has 0 amide bonds. The monoisotopic (exact) mass is 262 g/mol. The number of nitrogens with zero attached hydrogens (tertiary/aromatic N) is 1. The maximum atomic E-state index is 5.72. The molecular weight excluding hydrogens is 244 g/mol. The van der Waals surface area contributed by atoms with Crippen molar-refractivity contribution in [3.05, 3.63) is 30.3 Å². The predicted octanol–water partition coefficient (Wildman–Crippen LogP) is 2.47. The third-order valence-corrected chi connectivity index (χ3v) is 2.75. The Bertz CT molecular complexity index is 515. The van der Waals surface area contributed by atoms with Gasteiger partial charge in [0.1, 0.15) is 17.1 Å². The second kappa shape index (κ2) is 6.24. The Morgan fingerprint density at radius 1 is 1.21 bits per heavy atom. The zero-order valence-electron chi connectivity index (χ0n) is 11.4. The summed E-state index contributed by atoms with van der Waals surface area (Å²) < 4.78 is 16.4. The molecule has 5 heteroatoms. The standard InChI is InChI=1S/C14H18N2O3/c1-4-15-9-13-16-8-12(19-13)14-10(17-2)6-5-7-11(14)18-3/h5-8,15H,4,9H2,1-3H3. The first kappa shape index (κ1) is 13.4. The molecule has 0 atom stereocenters. The lowest BCUT2D eigenvalue weighted by Crippen LogP contribution is -2.11. The van der Waals surface area contributed by atoms with Crippen molar-refractivity contribution in [1.29, 1.82) is 0 Å². The number of aromatic nitrogens is 1. The van der Waals surface area contributed by atoms with Crippen molar-refractivity contribution >= 4 is 0 Å². The van der Waals surface area contributed by atoms with E-state index in [0.29, 0.717) is 29.7 Å². The van der Waals surface area contributed by atoms with Crippen molar-refractivity contribution in [2.75, 3.05) is 20.8 Å². The molecule has 1 aromatic carbocycles. The van der Waals surface area contributed by atoms with Gasteiger partial charge in [0.2, 0.25) is 5.89 Å². The van der Waals surface area contributed by atoms with Crippen LogP contribution in [0.3, 0.4) is 0 Å².